The van der Waals surface area contributed by atoms with Gasteiger partial charge in [-0.05, 0) is 47.2 Å². The van der Waals surface area contributed by atoms with Crippen LogP contribution in [0, 0.1) is 18.3 Å². The highest BCUT2D eigenvalue weighted by atomic mass is 35.5. The SMILES string of the molecule is Cc1ccc2cc(C(C#N)N(Cc3ccccc3)Cc3ccc(C(C)C)cc3)c(Cl)nc2c1. The average molecular weight is 454 g/mol. The molecule has 0 bridgehead atoms. The zero-order chi connectivity index (χ0) is 23.4. The third-order valence-electron chi connectivity index (χ3n) is 6.00. The van der Waals surface area contributed by atoms with Crippen LogP contribution in [-0.4, -0.2) is 9.88 Å². The molecule has 1 aromatic heterocycles. The predicted octanol–water partition coefficient (Wildman–Crippen LogP) is 7.59. The second-order valence-corrected chi connectivity index (χ2v) is 9.24. The van der Waals surface area contributed by atoms with Gasteiger partial charge in [0.05, 0.1) is 11.6 Å². The maximum absolute atomic E-state index is 10.3. The van der Waals surface area contributed by atoms with E-state index in [0.29, 0.717) is 24.2 Å². The molecule has 33 heavy (non-hydrogen) atoms. The summed E-state index contributed by atoms with van der Waals surface area (Å²) in [5.41, 5.74) is 6.34. The van der Waals surface area contributed by atoms with Gasteiger partial charge in [0.1, 0.15) is 11.2 Å². The van der Waals surface area contributed by atoms with Crippen LogP contribution in [0.25, 0.3) is 10.9 Å². The van der Waals surface area contributed by atoms with Gasteiger partial charge >= 0.3 is 0 Å². The first-order valence-electron chi connectivity index (χ1n) is 11.3. The molecule has 0 saturated heterocycles. The molecular weight excluding hydrogens is 426 g/mol. The van der Waals surface area contributed by atoms with Crippen molar-refractivity contribution in [2.45, 2.75) is 45.8 Å². The molecule has 0 radical (unpaired) electrons. The fourth-order valence-electron chi connectivity index (χ4n) is 4.11. The minimum atomic E-state index is -0.527. The van der Waals surface area contributed by atoms with Gasteiger partial charge < -0.3 is 0 Å². The number of benzene rings is 3. The molecule has 0 amide bonds. The molecule has 0 aliphatic heterocycles. The standard InChI is InChI=1S/C29H28ClN3/c1-20(2)24-13-10-23(11-14-24)19-33(18-22-7-5-4-6-8-22)28(17-31)26-16-25-12-9-21(3)15-27(25)32-29(26)30/h4-16,20,28H,18-19H2,1-3H3. The molecule has 0 N–H and O–H groups in total. The second-order valence-electron chi connectivity index (χ2n) is 8.88. The van der Waals surface area contributed by atoms with E-state index in [9.17, 15) is 5.26 Å². The molecule has 1 unspecified atom stereocenters. The van der Waals surface area contributed by atoms with Gasteiger partial charge in [-0.25, -0.2) is 4.98 Å². The lowest BCUT2D eigenvalue weighted by atomic mass is 10.0. The first-order valence-corrected chi connectivity index (χ1v) is 11.7. The Balaban J connectivity index is 1.72. The van der Waals surface area contributed by atoms with E-state index >= 15 is 0 Å². The molecule has 0 aliphatic rings. The molecule has 3 aromatic carbocycles. The van der Waals surface area contributed by atoms with Gasteiger partial charge in [0.25, 0.3) is 0 Å². The number of aromatic nitrogens is 1. The third kappa shape index (κ3) is 5.42. The van der Waals surface area contributed by atoms with Crippen molar-refractivity contribution in [3.8, 4) is 6.07 Å². The van der Waals surface area contributed by atoms with Gasteiger partial charge in [-0.3, -0.25) is 4.90 Å². The molecule has 166 valence electrons. The summed E-state index contributed by atoms with van der Waals surface area (Å²) in [5.74, 6) is 0.484. The van der Waals surface area contributed by atoms with E-state index in [1.165, 1.54) is 5.56 Å². The Bertz CT molecular complexity index is 1270. The summed E-state index contributed by atoms with van der Waals surface area (Å²) in [5, 5.41) is 11.7. The Morgan fingerprint density at radius 2 is 1.58 bits per heavy atom. The first-order chi connectivity index (χ1) is 15.9. The van der Waals surface area contributed by atoms with Crippen molar-refractivity contribution in [1.29, 1.82) is 5.26 Å². The average Bonchev–Trinajstić information content (AvgIpc) is 2.81. The minimum Gasteiger partial charge on any atom is -0.276 e. The summed E-state index contributed by atoms with van der Waals surface area (Å²) in [7, 11) is 0. The van der Waals surface area contributed by atoms with E-state index in [2.05, 4.69) is 72.3 Å². The number of fused-ring (bicyclic) bond motifs is 1. The maximum atomic E-state index is 10.3. The van der Waals surface area contributed by atoms with Gasteiger partial charge in [0.15, 0.2) is 0 Å². The number of nitrogens with zero attached hydrogens (tertiary/aromatic N) is 3. The summed E-state index contributed by atoms with van der Waals surface area (Å²) in [6.07, 6.45) is 0. The van der Waals surface area contributed by atoms with Crippen molar-refractivity contribution in [2.24, 2.45) is 0 Å². The first kappa shape index (κ1) is 23.0. The molecule has 0 aliphatic carbocycles. The monoisotopic (exact) mass is 453 g/mol. The van der Waals surface area contributed by atoms with Crippen LogP contribution in [0.5, 0.6) is 0 Å². The Labute approximate surface area is 201 Å². The van der Waals surface area contributed by atoms with Crippen molar-refractivity contribution in [2.75, 3.05) is 0 Å². The van der Waals surface area contributed by atoms with E-state index in [1.807, 2.05) is 43.3 Å². The largest absolute Gasteiger partial charge is 0.276 e. The van der Waals surface area contributed by atoms with Crippen LogP contribution >= 0.6 is 11.6 Å². The number of hydrogen-bond acceptors (Lipinski definition) is 3. The normalized spacial score (nSPS) is 12.3. The smallest absolute Gasteiger partial charge is 0.135 e. The van der Waals surface area contributed by atoms with Crippen LogP contribution in [0.15, 0.2) is 78.9 Å². The quantitative estimate of drug-likeness (QED) is 0.270. The third-order valence-corrected chi connectivity index (χ3v) is 6.30. The number of hydrogen-bond donors (Lipinski definition) is 0. The number of nitriles is 1. The molecule has 4 aromatic rings. The van der Waals surface area contributed by atoms with Crippen molar-refractivity contribution in [3.63, 3.8) is 0 Å². The van der Waals surface area contributed by atoms with Crippen LogP contribution < -0.4 is 0 Å². The number of rotatable bonds is 7. The van der Waals surface area contributed by atoms with Crippen LogP contribution in [0.4, 0.5) is 0 Å². The molecule has 3 nitrogen and oxygen atoms in total. The topological polar surface area (TPSA) is 39.9 Å². The van der Waals surface area contributed by atoms with Crippen LogP contribution in [0.2, 0.25) is 5.15 Å². The summed E-state index contributed by atoms with van der Waals surface area (Å²) >= 11 is 6.65. The van der Waals surface area contributed by atoms with E-state index in [0.717, 1.165) is 33.2 Å². The van der Waals surface area contributed by atoms with Gasteiger partial charge in [-0.15, -0.1) is 0 Å². The number of pyridine rings is 1. The fourth-order valence-corrected chi connectivity index (χ4v) is 4.36. The van der Waals surface area contributed by atoms with Gasteiger partial charge in [-0.2, -0.15) is 5.26 Å². The maximum Gasteiger partial charge on any atom is 0.135 e. The molecule has 0 saturated carbocycles. The van der Waals surface area contributed by atoms with Crippen LogP contribution in [-0.2, 0) is 13.1 Å². The van der Waals surface area contributed by atoms with E-state index in [4.69, 9.17) is 11.6 Å². The lowest BCUT2D eigenvalue weighted by molar-refractivity contribution is 0.217. The Hall–Kier alpha value is -3.19. The lowest BCUT2D eigenvalue weighted by Crippen LogP contribution is -2.27. The van der Waals surface area contributed by atoms with Crippen LogP contribution in [0.1, 0.15) is 53.6 Å². The zero-order valence-electron chi connectivity index (χ0n) is 19.3. The lowest BCUT2D eigenvalue weighted by Gasteiger charge is -2.28. The highest BCUT2D eigenvalue weighted by Crippen LogP contribution is 2.32. The van der Waals surface area contributed by atoms with Crippen molar-refractivity contribution < 1.29 is 0 Å². The fraction of sp³-hybridized carbons (Fsp3) is 0.241. The van der Waals surface area contributed by atoms with Crippen molar-refractivity contribution in [3.05, 3.63) is 112 Å². The van der Waals surface area contributed by atoms with E-state index in [1.54, 1.807) is 0 Å². The predicted molar refractivity (Wildman–Crippen MR) is 136 cm³/mol. The van der Waals surface area contributed by atoms with Gasteiger partial charge in [0.2, 0.25) is 0 Å². The molecule has 4 heteroatoms. The summed E-state index contributed by atoms with van der Waals surface area (Å²) in [6, 6.07) is 29.0. The van der Waals surface area contributed by atoms with Crippen LogP contribution in [0.3, 0.4) is 0 Å². The molecule has 0 spiro atoms. The van der Waals surface area contributed by atoms with E-state index < -0.39 is 6.04 Å². The summed E-state index contributed by atoms with van der Waals surface area (Å²) in [6.45, 7) is 7.69. The molecule has 1 heterocycles. The minimum absolute atomic E-state index is 0.382. The van der Waals surface area contributed by atoms with Gasteiger partial charge in [0, 0.05) is 24.0 Å². The molecule has 0 fully saturated rings. The number of halogens is 1. The highest BCUT2D eigenvalue weighted by Gasteiger charge is 2.24. The highest BCUT2D eigenvalue weighted by molar-refractivity contribution is 6.30. The summed E-state index contributed by atoms with van der Waals surface area (Å²) < 4.78 is 0. The molecule has 4 rings (SSSR count). The van der Waals surface area contributed by atoms with Crippen molar-refractivity contribution in [1.82, 2.24) is 9.88 Å². The van der Waals surface area contributed by atoms with Gasteiger partial charge in [-0.1, -0.05) is 92.2 Å². The Morgan fingerprint density at radius 3 is 2.21 bits per heavy atom. The Kier molecular flexibility index (Phi) is 7.08. The van der Waals surface area contributed by atoms with E-state index in [-0.39, 0.29) is 0 Å². The summed E-state index contributed by atoms with van der Waals surface area (Å²) in [4.78, 5) is 6.79. The molecular formula is C29H28ClN3. The van der Waals surface area contributed by atoms with Crippen molar-refractivity contribution >= 4 is 22.5 Å². The zero-order valence-corrected chi connectivity index (χ0v) is 20.1. The molecule has 1 atom stereocenters. The Morgan fingerprint density at radius 1 is 0.909 bits per heavy atom. The number of aryl methyl sites for hydroxylation is 1. The second kappa shape index (κ2) is 10.2.